The summed E-state index contributed by atoms with van der Waals surface area (Å²) in [5, 5.41) is 14.2. The first-order valence-corrected chi connectivity index (χ1v) is 11.2. The Morgan fingerprint density at radius 1 is 1.06 bits per heavy atom. The SMILES string of the molecule is CCOC(=O)c1c(C)oc(NC(=O)c2ccc(N3CCN(C)CC3)c([N+](=O)[O-])c2)c1C(=O)OCC. The predicted molar refractivity (Wildman–Crippen MR) is 126 cm³/mol. The van der Waals surface area contributed by atoms with Gasteiger partial charge in [-0.05, 0) is 40.0 Å². The van der Waals surface area contributed by atoms with E-state index in [1.807, 2.05) is 11.9 Å². The summed E-state index contributed by atoms with van der Waals surface area (Å²) in [6.45, 7) is 7.50. The number of furan rings is 1. The lowest BCUT2D eigenvalue weighted by atomic mass is 10.1. The third kappa shape index (κ3) is 5.60. The Bertz CT molecular complexity index is 1130. The van der Waals surface area contributed by atoms with Crippen molar-refractivity contribution >= 4 is 35.1 Å². The monoisotopic (exact) mass is 488 g/mol. The van der Waals surface area contributed by atoms with E-state index < -0.39 is 22.8 Å². The maximum Gasteiger partial charge on any atom is 0.344 e. The molecule has 35 heavy (non-hydrogen) atoms. The van der Waals surface area contributed by atoms with Gasteiger partial charge in [0, 0.05) is 37.8 Å². The number of likely N-dealkylation sites (N-methyl/N-ethyl adjacent to an activating group) is 1. The predicted octanol–water partition coefficient (Wildman–Crippen LogP) is 2.85. The molecule has 0 radical (unpaired) electrons. The molecule has 12 heteroatoms. The molecule has 3 rings (SSSR count). The van der Waals surface area contributed by atoms with E-state index in [0.29, 0.717) is 18.8 Å². The molecule has 12 nitrogen and oxygen atoms in total. The van der Waals surface area contributed by atoms with E-state index in [1.54, 1.807) is 13.8 Å². The number of benzene rings is 1. The molecule has 0 aliphatic carbocycles. The van der Waals surface area contributed by atoms with E-state index in [1.165, 1.54) is 25.1 Å². The van der Waals surface area contributed by atoms with E-state index in [-0.39, 0.29) is 47.2 Å². The number of nitro benzene ring substituents is 1. The van der Waals surface area contributed by atoms with Crippen molar-refractivity contribution < 1.29 is 33.2 Å². The molecule has 0 spiro atoms. The summed E-state index contributed by atoms with van der Waals surface area (Å²) in [6, 6.07) is 4.17. The van der Waals surface area contributed by atoms with Crippen LogP contribution in [0, 0.1) is 17.0 Å². The number of hydrogen-bond donors (Lipinski definition) is 1. The van der Waals surface area contributed by atoms with Gasteiger partial charge in [0.15, 0.2) is 0 Å². The first kappa shape index (κ1) is 25.7. The zero-order valence-electron chi connectivity index (χ0n) is 20.1. The molecule has 2 aromatic rings. The van der Waals surface area contributed by atoms with Crippen LogP contribution in [0.3, 0.4) is 0 Å². The summed E-state index contributed by atoms with van der Waals surface area (Å²) in [4.78, 5) is 53.2. The average molecular weight is 488 g/mol. The van der Waals surface area contributed by atoms with Crippen LogP contribution < -0.4 is 10.2 Å². The van der Waals surface area contributed by atoms with Crippen LogP contribution in [0.15, 0.2) is 22.6 Å². The summed E-state index contributed by atoms with van der Waals surface area (Å²) >= 11 is 0. The summed E-state index contributed by atoms with van der Waals surface area (Å²) in [7, 11) is 1.98. The highest BCUT2D eigenvalue weighted by molar-refractivity contribution is 6.12. The largest absolute Gasteiger partial charge is 0.462 e. The van der Waals surface area contributed by atoms with E-state index in [0.717, 1.165) is 13.1 Å². The lowest BCUT2D eigenvalue weighted by Gasteiger charge is -2.33. The number of aryl methyl sites for hydroxylation is 1. The number of ether oxygens (including phenoxy) is 2. The molecule has 0 unspecified atom stereocenters. The van der Waals surface area contributed by atoms with Crippen LogP contribution in [0.5, 0.6) is 0 Å². The van der Waals surface area contributed by atoms with Gasteiger partial charge < -0.3 is 23.7 Å². The Hall–Kier alpha value is -3.93. The molecule has 1 aliphatic rings. The Kier molecular flexibility index (Phi) is 8.07. The summed E-state index contributed by atoms with van der Waals surface area (Å²) in [5.41, 5.74) is -0.242. The fraction of sp³-hybridized carbons (Fsp3) is 0.435. The second-order valence-electron chi connectivity index (χ2n) is 7.88. The highest BCUT2D eigenvalue weighted by Crippen LogP contribution is 2.32. The smallest absolute Gasteiger partial charge is 0.344 e. The summed E-state index contributed by atoms with van der Waals surface area (Å²) < 4.78 is 15.5. The van der Waals surface area contributed by atoms with Crippen molar-refractivity contribution in [2.24, 2.45) is 0 Å². The van der Waals surface area contributed by atoms with Crippen LogP contribution in [0.4, 0.5) is 17.3 Å². The maximum atomic E-state index is 13.0. The first-order valence-electron chi connectivity index (χ1n) is 11.2. The molecular formula is C23H28N4O8. The molecule has 1 aliphatic heterocycles. The van der Waals surface area contributed by atoms with Crippen molar-refractivity contribution in [3.63, 3.8) is 0 Å². The third-order valence-electron chi connectivity index (χ3n) is 5.55. The molecule has 1 amide bonds. The van der Waals surface area contributed by atoms with E-state index in [9.17, 15) is 24.5 Å². The van der Waals surface area contributed by atoms with Crippen LogP contribution in [0.1, 0.15) is 50.7 Å². The minimum Gasteiger partial charge on any atom is -0.462 e. The van der Waals surface area contributed by atoms with Gasteiger partial charge in [0.1, 0.15) is 22.6 Å². The third-order valence-corrected chi connectivity index (χ3v) is 5.55. The summed E-state index contributed by atoms with van der Waals surface area (Å²) in [6.07, 6.45) is 0. The molecule has 1 fully saturated rings. The van der Waals surface area contributed by atoms with Crippen molar-refractivity contribution in [2.45, 2.75) is 20.8 Å². The standard InChI is InChI=1S/C23H28N4O8/c1-5-33-22(29)18-14(3)35-21(19(18)23(30)34-6-2)24-20(28)15-7-8-16(17(13-15)27(31)32)26-11-9-25(4)10-12-26/h7-8,13H,5-6,9-12H2,1-4H3,(H,24,28). The van der Waals surface area contributed by atoms with Crippen molar-refractivity contribution in [1.82, 2.24) is 4.90 Å². The number of nitrogens with one attached hydrogen (secondary N) is 1. The van der Waals surface area contributed by atoms with Crippen molar-refractivity contribution in [3.05, 3.63) is 50.8 Å². The minimum atomic E-state index is -0.876. The van der Waals surface area contributed by atoms with Crippen LogP contribution in [-0.2, 0) is 9.47 Å². The van der Waals surface area contributed by atoms with Gasteiger partial charge in [0.05, 0.1) is 18.1 Å². The van der Waals surface area contributed by atoms with Gasteiger partial charge in [-0.25, -0.2) is 9.59 Å². The second-order valence-corrected chi connectivity index (χ2v) is 7.88. The normalized spacial score (nSPS) is 13.9. The van der Waals surface area contributed by atoms with Crippen LogP contribution in [0.25, 0.3) is 0 Å². The molecule has 1 aromatic heterocycles. The van der Waals surface area contributed by atoms with Gasteiger partial charge in [-0.15, -0.1) is 0 Å². The lowest BCUT2D eigenvalue weighted by molar-refractivity contribution is -0.384. The average Bonchev–Trinajstić information content (AvgIpc) is 3.15. The second kappa shape index (κ2) is 11.0. The highest BCUT2D eigenvalue weighted by atomic mass is 16.6. The summed E-state index contributed by atoms with van der Waals surface area (Å²) in [5.74, 6) is -2.69. The van der Waals surface area contributed by atoms with Crippen molar-refractivity contribution in [1.29, 1.82) is 0 Å². The van der Waals surface area contributed by atoms with Gasteiger partial charge in [-0.1, -0.05) is 0 Å². The van der Waals surface area contributed by atoms with E-state index >= 15 is 0 Å². The first-order chi connectivity index (χ1) is 16.7. The number of carbonyl (C=O) groups is 3. The number of nitrogens with zero attached hydrogens (tertiary/aromatic N) is 3. The highest BCUT2D eigenvalue weighted by Gasteiger charge is 2.32. The minimum absolute atomic E-state index is 0.0175. The van der Waals surface area contributed by atoms with Crippen molar-refractivity contribution in [2.75, 3.05) is 56.7 Å². The Morgan fingerprint density at radius 2 is 1.66 bits per heavy atom. The quantitative estimate of drug-likeness (QED) is 0.334. The Morgan fingerprint density at radius 3 is 2.23 bits per heavy atom. The molecule has 1 N–H and O–H groups in total. The molecule has 0 atom stereocenters. The Labute approximate surface area is 201 Å². The number of nitro groups is 1. The zero-order valence-corrected chi connectivity index (χ0v) is 20.1. The molecule has 0 bridgehead atoms. The van der Waals surface area contributed by atoms with Gasteiger partial charge in [0.25, 0.3) is 11.6 Å². The molecular weight excluding hydrogens is 460 g/mol. The van der Waals surface area contributed by atoms with Crippen LogP contribution in [0.2, 0.25) is 0 Å². The Balaban J connectivity index is 1.94. The van der Waals surface area contributed by atoms with Gasteiger partial charge in [0.2, 0.25) is 5.88 Å². The van der Waals surface area contributed by atoms with E-state index in [2.05, 4.69) is 10.2 Å². The maximum absolute atomic E-state index is 13.0. The number of rotatable bonds is 8. The number of carbonyl (C=O) groups excluding carboxylic acids is 3. The lowest BCUT2D eigenvalue weighted by Crippen LogP contribution is -2.44. The fourth-order valence-corrected chi connectivity index (χ4v) is 3.78. The zero-order chi connectivity index (χ0) is 25.7. The van der Waals surface area contributed by atoms with Gasteiger partial charge in [-0.3, -0.25) is 20.2 Å². The van der Waals surface area contributed by atoms with Crippen LogP contribution >= 0.6 is 0 Å². The number of anilines is 2. The van der Waals surface area contributed by atoms with Gasteiger partial charge >= 0.3 is 11.9 Å². The number of esters is 2. The number of piperazine rings is 1. The number of hydrogen-bond acceptors (Lipinski definition) is 10. The molecule has 1 saturated heterocycles. The van der Waals surface area contributed by atoms with E-state index in [4.69, 9.17) is 13.9 Å². The molecule has 2 heterocycles. The van der Waals surface area contributed by atoms with Crippen LogP contribution in [-0.4, -0.2) is 74.1 Å². The van der Waals surface area contributed by atoms with Crippen molar-refractivity contribution in [3.8, 4) is 0 Å². The number of amides is 1. The van der Waals surface area contributed by atoms with Gasteiger partial charge in [-0.2, -0.15) is 0 Å². The topological polar surface area (TPSA) is 144 Å². The molecule has 1 aromatic carbocycles. The molecule has 188 valence electrons. The molecule has 0 saturated carbocycles. The fourth-order valence-electron chi connectivity index (χ4n) is 3.78.